The van der Waals surface area contributed by atoms with Crippen molar-refractivity contribution in [3.8, 4) is 0 Å². The van der Waals surface area contributed by atoms with Crippen molar-refractivity contribution in [2.75, 3.05) is 26.2 Å². The van der Waals surface area contributed by atoms with Crippen LogP contribution in [0.2, 0.25) is 5.02 Å². The van der Waals surface area contributed by atoms with Crippen LogP contribution in [0.15, 0.2) is 24.3 Å². The summed E-state index contributed by atoms with van der Waals surface area (Å²) in [7, 11) is 0. The molecule has 4 rings (SSSR count). The Morgan fingerprint density at radius 3 is 2.96 bits per heavy atom. The number of nitrogens with zero attached hydrogens (tertiary/aromatic N) is 1. The quantitative estimate of drug-likeness (QED) is 0.686. The van der Waals surface area contributed by atoms with Crippen LogP contribution >= 0.6 is 11.6 Å². The van der Waals surface area contributed by atoms with E-state index in [0.717, 1.165) is 31.6 Å². The highest BCUT2D eigenvalue weighted by atomic mass is 35.5. The maximum absolute atomic E-state index is 12.9. The first-order chi connectivity index (χ1) is 13.1. The summed E-state index contributed by atoms with van der Waals surface area (Å²) in [5.41, 5.74) is 6.59. The van der Waals surface area contributed by atoms with Gasteiger partial charge < -0.3 is 10.1 Å². The number of rotatable bonds is 5. The minimum atomic E-state index is -0.313. The number of benzene rings is 1. The Morgan fingerprint density at radius 1 is 1.33 bits per heavy atom. The van der Waals surface area contributed by atoms with Gasteiger partial charge in [0, 0.05) is 37.8 Å². The average Bonchev–Trinajstić information content (AvgIpc) is 3.31. The van der Waals surface area contributed by atoms with Crippen molar-refractivity contribution in [2.45, 2.75) is 31.5 Å². The Morgan fingerprint density at radius 2 is 2.19 bits per heavy atom. The van der Waals surface area contributed by atoms with Gasteiger partial charge in [-0.3, -0.25) is 19.9 Å². The van der Waals surface area contributed by atoms with E-state index in [1.807, 2.05) is 24.3 Å². The zero-order valence-electron chi connectivity index (χ0n) is 15.1. The second kappa shape index (κ2) is 8.14. The fourth-order valence-corrected chi connectivity index (χ4v) is 4.46. The number of nitrogens with one attached hydrogen (secondary N) is 3. The molecule has 3 aliphatic heterocycles. The highest BCUT2D eigenvalue weighted by Crippen LogP contribution is 2.27. The van der Waals surface area contributed by atoms with Gasteiger partial charge in [0.1, 0.15) is 0 Å². The van der Waals surface area contributed by atoms with E-state index in [2.05, 4.69) is 21.1 Å². The number of hydrogen-bond donors (Lipinski definition) is 3. The van der Waals surface area contributed by atoms with Crippen LogP contribution in [0.1, 0.15) is 18.4 Å². The van der Waals surface area contributed by atoms with Crippen LogP contribution in [0.25, 0.3) is 0 Å². The lowest BCUT2D eigenvalue weighted by Gasteiger charge is -2.39. The van der Waals surface area contributed by atoms with E-state index in [1.165, 1.54) is 0 Å². The number of hydrazine groups is 1. The van der Waals surface area contributed by atoms with E-state index in [9.17, 15) is 9.59 Å². The summed E-state index contributed by atoms with van der Waals surface area (Å²) in [4.78, 5) is 27.3. The molecule has 146 valence electrons. The van der Waals surface area contributed by atoms with Crippen LogP contribution in [0.5, 0.6) is 0 Å². The highest BCUT2D eigenvalue weighted by Gasteiger charge is 2.47. The van der Waals surface area contributed by atoms with E-state index in [-0.39, 0.29) is 35.8 Å². The molecule has 0 bridgehead atoms. The molecule has 0 spiro atoms. The largest absolute Gasteiger partial charge is 0.377 e. The van der Waals surface area contributed by atoms with Gasteiger partial charge in [0.25, 0.3) is 0 Å². The molecule has 8 heteroatoms. The summed E-state index contributed by atoms with van der Waals surface area (Å²) in [5, 5.41) is 3.63. The van der Waals surface area contributed by atoms with Crippen molar-refractivity contribution in [2.24, 2.45) is 11.8 Å². The van der Waals surface area contributed by atoms with E-state index in [1.54, 1.807) is 0 Å². The monoisotopic (exact) mass is 392 g/mol. The first-order valence-corrected chi connectivity index (χ1v) is 9.90. The van der Waals surface area contributed by atoms with Gasteiger partial charge in [0.05, 0.1) is 24.0 Å². The van der Waals surface area contributed by atoms with Crippen molar-refractivity contribution >= 4 is 23.4 Å². The molecule has 4 unspecified atom stereocenters. The maximum atomic E-state index is 12.9. The molecule has 3 saturated heterocycles. The minimum Gasteiger partial charge on any atom is -0.377 e. The van der Waals surface area contributed by atoms with Gasteiger partial charge in [0.2, 0.25) is 11.8 Å². The highest BCUT2D eigenvalue weighted by molar-refractivity contribution is 6.31. The van der Waals surface area contributed by atoms with Crippen LogP contribution in [0.4, 0.5) is 0 Å². The van der Waals surface area contributed by atoms with Crippen molar-refractivity contribution in [3.05, 3.63) is 34.9 Å². The normalized spacial score (nSPS) is 30.8. The second-order valence-electron chi connectivity index (χ2n) is 7.54. The number of halogens is 1. The van der Waals surface area contributed by atoms with Gasteiger partial charge in [-0.25, -0.2) is 5.43 Å². The summed E-state index contributed by atoms with van der Waals surface area (Å²) in [6.07, 6.45) is 2.32. The van der Waals surface area contributed by atoms with Gasteiger partial charge in [-0.15, -0.1) is 0 Å². The number of ether oxygens (including phenoxy) is 1. The second-order valence-corrected chi connectivity index (χ2v) is 7.94. The van der Waals surface area contributed by atoms with E-state index in [4.69, 9.17) is 16.3 Å². The van der Waals surface area contributed by atoms with Crippen LogP contribution in [0, 0.1) is 11.8 Å². The number of carbonyl (C=O) groups is 2. The fourth-order valence-electron chi connectivity index (χ4n) is 4.26. The third-order valence-electron chi connectivity index (χ3n) is 5.71. The summed E-state index contributed by atoms with van der Waals surface area (Å²) < 4.78 is 5.74. The molecule has 4 atom stereocenters. The lowest BCUT2D eigenvalue weighted by atomic mass is 9.83. The molecule has 1 aromatic carbocycles. The van der Waals surface area contributed by atoms with Crippen LogP contribution in [-0.2, 0) is 20.9 Å². The Balaban J connectivity index is 1.42. The molecular formula is C19H25ClN4O3. The van der Waals surface area contributed by atoms with Crippen molar-refractivity contribution in [1.82, 2.24) is 21.1 Å². The predicted octanol–water partition coefficient (Wildman–Crippen LogP) is 0.686. The molecule has 3 fully saturated rings. The number of carbonyl (C=O) groups excluding carboxylic acids is 2. The Kier molecular flexibility index (Phi) is 5.63. The zero-order chi connectivity index (χ0) is 18.8. The summed E-state index contributed by atoms with van der Waals surface area (Å²) >= 11 is 6.18. The van der Waals surface area contributed by atoms with Crippen LogP contribution in [0.3, 0.4) is 0 Å². The Hall–Kier alpha value is -1.67. The number of piperidine rings is 1. The number of amides is 2. The molecule has 3 aliphatic rings. The summed E-state index contributed by atoms with van der Waals surface area (Å²) in [5.74, 6) is -0.644. The van der Waals surface area contributed by atoms with E-state index in [0.29, 0.717) is 24.7 Å². The fraction of sp³-hybridized carbons (Fsp3) is 0.579. The third kappa shape index (κ3) is 4.11. The Labute approximate surface area is 163 Å². The minimum absolute atomic E-state index is 0.0408. The number of fused-ring (bicyclic) bond motifs is 1. The molecule has 0 saturated carbocycles. The van der Waals surface area contributed by atoms with Crippen molar-refractivity contribution in [1.29, 1.82) is 0 Å². The summed E-state index contributed by atoms with van der Waals surface area (Å²) in [6.45, 7) is 3.20. The Bertz CT molecular complexity index is 710. The molecular weight excluding hydrogens is 368 g/mol. The average molecular weight is 393 g/mol. The van der Waals surface area contributed by atoms with Crippen molar-refractivity contribution < 1.29 is 14.3 Å². The molecule has 3 N–H and O–H groups in total. The first-order valence-electron chi connectivity index (χ1n) is 9.52. The van der Waals surface area contributed by atoms with Gasteiger partial charge in [-0.05, 0) is 24.5 Å². The van der Waals surface area contributed by atoms with Gasteiger partial charge in [-0.2, -0.15) is 0 Å². The summed E-state index contributed by atoms with van der Waals surface area (Å²) in [6, 6.07) is 7.28. The van der Waals surface area contributed by atoms with E-state index >= 15 is 0 Å². The topological polar surface area (TPSA) is 82.7 Å². The molecule has 7 nitrogen and oxygen atoms in total. The van der Waals surface area contributed by atoms with Crippen LogP contribution in [-0.4, -0.2) is 55.1 Å². The van der Waals surface area contributed by atoms with Gasteiger partial charge in [-0.1, -0.05) is 29.8 Å². The molecule has 0 aliphatic carbocycles. The number of likely N-dealkylation sites (tertiary alicyclic amines) is 1. The van der Waals surface area contributed by atoms with Gasteiger partial charge in [0.15, 0.2) is 0 Å². The molecule has 0 radical (unpaired) electrons. The lowest BCUT2D eigenvalue weighted by molar-refractivity contribution is -0.130. The van der Waals surface area contributed by atoms with Crippen molar-refractivity contribution in [3.63, 3.8) is 0 Å². The molecule has 0 aromatic heterocycles. The molecule has 1 aromatic rings. The van der Waals surface area contributed by atoms with E-state index < -0.39 is 0 Å². The molecule has 3 heterocycles. The molecule has 2 amide bonds. The third-order valence-corrected chi connectivity index (χ3v) is 6.08. The standard InChI is InChI=1S/C19H25ClN4O3/c20-16-6-2-1-4-12(16)8-21-18(25)14-10-24(9-13-5-3-7-27-13)11-15-17(14)22-23-19(15)26/h1-2,4,6,13-15,17,22H,3,5,7-11H2,(H,21,25)(H,23,26). The number of hydrogen-bond acceptors (Lipinski definition) is 5. The SMILES string of the molecule is O=C(NCc1ccccc1Cl)C1CN(CC2CCCO2)CC2C(=O)NNC12. The smallest absolute Gasteiger partial charge is 0.240 e. The lowest BCUT2D eigenvalue weighted by Crippen LogP contribution is -2.57. The molecule has 27 heavy (non-hydrogen) atoms. The predicted molar refractivity (Wildman–Crippen MR) is 101 cm³/mol. The van der Waals surface area contributed by atoms with Crippen LogP contribution < -0.4 is 16.2 Å². The maximum Gasteiger partial charge on any atom is 0.240 e. The van der Waals surface area contributed by atoms with Gasteiger partial charge >= 0.3 is 0 Å². The zero-order valence-corrected chi connectivity index (χ0v) is 15.9. The first kappa shape index (κ1) is 18.7.